The Hall–Kier alpha value is -1.42. The summed E-state index contributed by atoms with van der Waals surface area (Å²) in [5.41, 5.74) is 7.23. The summed E-state index contributed by atoms with van der Waals surface area (Å²) in [5.74, 6) is 0.347. The first-order chi connectivity index (χ1) is 8.11. The molecule has 0 aliphatic heterocycles. The molecule has 17 heavy (non-hydrogen) atoms. The minimum atomic E-state index is 0.167. The van der Waals surface area contributed by atoms with Crippen molar-refractivity contribution in [3.05, 3.63) is 29.8 Å². The van der Waals surface area contributed by atoms with Gasteiger partial charge < -0.3 is 10.6 Å². The van der Waals surface area contributed by atoms with Gasteiger partial charge in [0.25, 0.3) is 0 Å². The van der Waals surface area contributed by atoms with E-state index in [1.807, 2.05) is 24.3 Å². The maximum atomic E-state index is 12.1. The standard InChI is InChI=1S/C13H16N2OS/c1-15(13(16)9-5-4-6-9)11-8-3-2-7-10(11)12(14)17/h2-3,7-9H,4-6H2,1H3,(H2,14,17). The van der Waals surface area contributed by atoms with Crippen molar-refractivity contribution in [3.63, 3.8) is 0 Å². The van der Waals surface area contributed by atoms with Crippen LogP contribution in [0.3, 0.4) is 0 Å². The van der Waals surface area contributed by atoms with Gasteiger partial charge in [0.05, 0.1) is 5.69 Å². The number of nitrogens with two attached hydrogens (primary N) is 1. The normalized spacial score (nSPS) is 15.1. The molecule has 1 fully saturated rings. The zero-order chi connectivity index (χ0) is 12.4. The average molecular weight is 248 g/mol. The number of carbonyl (C=O) groups is 1. The van der Waals surface area contributed by atoms with Gasteiger partial charge in [0, 0.05) is 18.5 Å². The van der Waals surface area contributed by atoms with Crippen LogP contribution in [0.15, 0.2) is 24.3 Å². The molecule has 3 nitrogen and oxygen atoms in total. The molecule has 0 aromatic heterocycles. The monoisotopic (exact) mass is 248 g/mol. The van der Waals surface area contributed by atoms with Gasteiger partial charge in [-0.3, -0.25) is 4.79 Å². The Morgan fingerprint density at radius 1 is 1.41 bits per heavy atom. The predicted molar refractivity (Wildman–Crippen MR) is 73.1 cm³/mol. The first-order valence-electron chi connectivity index (χ1n) is 5.77. The number of para-hydroxylation sites is 1. The van der Waals surface area contributed by atoms with Gasteiger partial charge in [0.1, 0.15) is 4.99 Å². The van der Waals surface area contributed by atoms with E-state index in [9.17, 15) is 4.79 Å². The van der Waals surface area contributed by atoms with Gasteiger partial charge in [-0.2, -0.15) is 0 Å². The largest absolute Gasteiger partial charge is 0.389 e. The molecule has 0 bridgehead atoms. The minimum absolute atomic E-state index is 0.167. The van der Waals surface area contributed by atoms with E-state index in [4.69, 9.17) is 18.0 Å². The molecule has 1 aromatic carbocycles. The van der Waals surface area contributed by atoms with Gasteiger partial charge in [-0.1, -0.05) is 30.8 Å². The molecule has 2 rings (SSSR count). The zero-order valence-corrected chi connectivity index (χ0v) is 10.7. The predicted octanol–water partition coefficient (Wildman–Crippen LogP) is 2.08. The summed E-state index contributed by atoms with van der Waals surface area (Å²) in [6, 6.07) is 7.49. The highest BCUT2D eigenvalue weighted by molar-refractivity contribution is 7.80. The summed E-state index contributed by atoms with van der Waals surface area (Å²) >= 11 is 5.00. The van der Waals surface area contributed by atoms with E-state index in [0.717, 1.165) is 30.5 Å². The van der Waals surface area contributed by atoms with Crippen LogP contribution in [0.25, 0.3) is 0 Å². The second-order valence-corrected chi connectivity index (χ2v) is 4.85. The molecular weight excluding hydrogens is 232 g/mol. The number of carbonyl (C=O) groups excluding carboxylic acids is 1. The van der Waals surface area contributed by atoms with Crippen molar-refractivity contribution in [1.82, 2.24) is 0 Å². The molecule has 0 spiro atoms. The lowest BCUT2D eigenvalue weighted by molar-refractivity contribution is -0.124. The Kier molecular flexibility index (Phi) is 3.43. The zero-order valence-electron chi connectivity index (χ0n) is 9.85. The van der Waals surface area contributed by atoms with Crippen LogP contribution in [0.2, 0.25) is 0 Å². The summed E-state index contributed by atoms with van der Waals surface area (Å²) in [6.45, 7) is 0. The Morgan fingerprint density at radius 3 is 2.59 bits per heavy atom. The SMILES string of the molecule is CN(C(=O)C1CCC1)c1ccccc1C(N)=S. The smallest absolute Gasteiger partial charge is 0.229 e. The molecule has 1 aliphatic carbocycles. The molecule has 4 heteroatoms. The van der Waals surface area contributed by atoms with Crippen molar-refractivity contribution in [2.75, 3.05) is 11.9 Å². The topological polar surface area (TPSA) is 46.3 Å². The van der Waals surface area contributed by atoms with Crippen LogP contribution in [0.5, 0.6) is 0 Å². The van der Waals surface area contributed by atoms with Crippen molar-refractivity contribution in [2.24, 2.45) is 11.7 Å². The van der Waals surface area contributed by atoms with Crippen LogP contribution in [-0.2, 0) is 4.79 Å². The van der Waals surface area contributed by atoms with Crippen LogP contribution >= 0.6 is 12.2 Å². The number of benzene rings is 1. The van der Waals surface area contributed by atoms with E-state index in [1.165, 1.54) is 0 Å². The molecule has 90 valence electrons. The first-order valence-corrected chi connectivity index (χ1v) is 6.18. The molecule has 0 heterocycles. The van der Waals surface area contributed by atoms with E-state index in [2.05, 4.69) is 0 Å². The third-order valence-electron chi connectivity index (χ3n) is 3.32. The lowest BCUT2D eigenvalue weighted by Gasteiger charge is -2.30. The lowest BCUT2D eigenvalue weighted by Crippen LogP contribution is -2.37. The molecule has 1 aromatic rings. The first kappa shape index (κ1) is 12.0. The summed E-state index contributed by atoms with van der Waals surface area (Å²) in [6.07, 6.45) is 3.15. The third-order valence-corrected chi connectivity index (χ3v) is 3.54. The van der Waals surface area contributed by atoms with Gasteiger partial charge >= 0.3 is 0 Å². The molecule has 0 saturated heterocycles. The van der Waals surface area contributed by atoms with Crippen LogP contribution < -0.4 is 10.6 Å². The van der Waals surface area contributed by atoms with E-state index >= 15 is 0 Å². The quantitative estimate of drug-likeness (QED) is 0.833. The molecular formula is C13H16N2OS. The Morgan fingerprint density at radius 2 is 2.06 bits per heavy atom. The number of anilines is 1. The Labute approximate surface area is 107 Å². The molecule has 2 N–H and O–H groups in total. The van der Waals surface area contributed by atoms with E-state index in [1.54, 1.807) is 11.9 Å². The molecule has 0 unspecified atom stereocenters. The van der Waals surface area contributed by atoms with Crippen molar-refractivity contribution < 1.29 is 4.79 Å². The maximum Gasteiger partial charge on any atom is 0.229 e. The van der Waals surface area contributed by atoms with E-state index in [-0.39, 0.29) is 11.8 Å². The van der Waals surface area contributed by atoms with Gasteiger partial charge in [-0.05, 0) is 25.0 Å². The summed E-state index contributed by atoms with van der Waals surface area (Å²) in [7, 11) is 1.79. The second kappa shape index (κ2) is 4.84. The van der Waals surface area contributed by atoms with Crippen LogP contribution in [0, 0.1) is 5.92 Å². The molecule has 1 saturated carbocycles. The fourth-order valence-electron chi connectivity index (χ4n) is 2.02. The highest BCUT2D eigenvalue weighted by atomic mass is 32.1. The van der Waals surface area contributed by atoms with E-state index < -0.39 is 0 Å². The average Bonchev–Trinajstić information content (AvgIpc) is 2.25. The molecule has 0 radical (unpaired) electrons. The van der Waals surface area contributed by atoms with E-state index in [0.29, 0.717) is 4.99 Å². The summed E-state index contributed by atoms with van der Waals surface area (Å²) in [4.78, 5) is 14.1. The van der Waals surface area contributed by atoms with Crippen molar-refractivity contribution in [3.8, 4) is 0 Å². The highest BCUT2D eigenvalue weighted by Gasteiger charge is 2.29. The lowest BCUT2D eigenvalue weighted by atomic mass is 9.84. The van der Waals surface area contributed by atoms with Crippen LogP contribution in [-0.4, -0.2) is 17.9 Å². The minimum Gasteiger partial charge on any atom is -0.389 e. The number of amides is 1. The maximum absolute atomic E-state index is 12.1. The second-order valence-electron chi connectivity index (χ2n) is 4.41. The van der Waals surface area contributed by atoms with Crippen LogP contribution in [0.4, 0.5) is 5.69 Å². The number of hydrogen-bond acceptors (Lipinski definition) is 2. The Balaban J connectivity index is 2.26. The molecule has 1 aliphatic rings. The third kappa shape index (κ3) is 2.31. The molecule has 0 atom stereocenters. The van der Waals surface area contributed by atoms with Gasteiger partial charge in [-0.25, -0.2) is 0 Å². The number of rotatable bonds is 3. The number of nitrogens with zero attached hydrogens (tertiary/aromatic N) is 1. The van der Waals surface area contributed by atoms with Crippen molar-refractivity contribution >= 4 is 28.8 Å². The van der Waals surface area contributed by atoms with Crippen molar-refractivity contribution in [2.45, 2.75) is 19.3 Å². The fourth-order valence-corrected chi connectivity index (χ4v) is 2.19. The fraction of sp³-hybridized carbons (Fsp3) is 0.385. The van der Waals surface area contributed by atoms with Crippen molar-refractivity contribution in [1.29, 1.82) is 0 Å². The van der Waals surface area contributed by atoms with Crippen LogP contribution in [0.1, 0.15) is 24.8 Å². The number of hydrogen-bond donors (Lipinski definition) is 1. The summed E-state index contributed by atoms with van der Waals surface area (Å²) < 4.78 is 0. The highest BCUT2D eigenvalue weighted by Crippen LogP contribution is 2.30. The van der Waals surface area contributed by atoms with Gasteiger partial charge in [-0.15, -0.1) is 0 Å². The number of thiocarbonyl (C=S) groups is 1. The Bertz CT molecular complexity index is 454. The summed E-state index contributed by atoms with van der Waals surface area (Å²) in [5, 5.41) is 0. The van der Waals surface area contributed by atoms with Gasteiger partial charge in [0.15, 0.2) is 0 Å². The molecule has 1 amide bonds. The van der Waals surface area contributed by atoms with Gasteiger partial charge in [0.2, 0.25) is 5.91 Å².